The molecule has 2 aromatic carbocycles. The maximum absolute atomic E-state index is 9.62. The molecule has 0 radical (unpaired) electrons. The number of phenolic OH excluding ortho intramolecular Hbond substituents is 1. The predicted molar refractivity (Wildman–Crippen MR) is 109 cm³/mol. The molecule has 0 bridgehead atoms. The van der Waals surface area contributed by atoms with Gasteiger partial charge >= 0.3 is 0 Å². The molecule has 1 fully saturated rings. The minimum atomic E-state index is 0.349. The van der Waals surface area contributed by atoms with Gasteiger partial charge in [0.05, 0.1) is 0 Å². The average molecular weight is 373 g/mol. The molecule has 140 valence electrons. The van der Waals surface area contributed by atoms with Crippen LogP contribution in [-0.4, -0.2) is 48.1 Å². The van der Waals surface area contributed by atoms with Gasteiger partial charge in [0, 0.05) is 31.2 Å². The zero-order valence-electron chi connectivity index (χ0n) is 15.6. The molecule has 2 aromatic rings. The van der Waals surface area contributed by atoms with E-state index in [0.717, 1.165) is 37.0 Å². The van der Waals surface area contributed by atoms with Crippen LogP contribution in [0.5, 0.6) is 5.75 Å². The molecule has 0 saturated carbocycles. The number of phenols is 1. The zero-order valence-corrected chi connectivity index (χ0v) is 16.3. The summed E-state index contributed by atoms with van der Waals surface area (Å²) in [6, 6.07) is 15.8. The SMILES string of the molecule is CN(Cc1cccc(O)c1)C[C@@H]1CCCN(CCc2ccc(Cl)cc2)C1. The Labute approximate surface area is 162 Å². The Morgan fingerprint density at radius 1 is 1.15 bits per heavy atom. The number of benzene rings is 2. The van der Waals surface area contributed by atoms with Crippen LogP contribution in [0.25, 0.3) is 0 Å². The molecule has 4 heteroatoms. The highest BCUT2D eigenvalue weighted by Crippen LogP contribution is 2.20. The van der Waals surface area contributed by atoms with E-state index in [1.165, 1.54) is 37.1 Å². The van der Waals surface area contributed by atoms with Crippen LogP contribution in [0.3, 0.4) is 0 Å². The molecule has 1 atom stereocenters. The van der Waals surface area contributed by atoms with E-state index >= 15 is 0 Å². The van der Waals surface area contributed by atoms with Gasteiger partial charge in [0.15, 0.2) is 0 Å². The largest absolute Gasteiger partial charge is 0.508 e. The Hall–Kier alpha value is -1.55. The first kappa shape index (κ1) is 19.2. The highest BCUT2D eigenvalue weighted by molar-refractivity contribution is 6.30. The van der Waals surface area contributed by atoms with E-state index in [1.54, 1.807) is 6.07 Å². The number of piperidine rings is 1. The number of nitrogens with zero attached hydrogens (tertiary/aromatic N) is 2. The third-order valence-electron chi connectivity index (χ3n) is 5.17. The second-order valence-electron chi connectivity index (χ2n) is 7.55. The van der Waals surface area contributed by atoms with Gasteiger partial charge in [-0.3, -0.25) is 0 Å². The van der Waals surface area contributed by atoms with Gasteiger partial charge < -0.3 is 14.9 Å². The lowest BCUT2D eigenvalue weighted by atomic mass is 9.97. The Kier molecular flexibility index (Phi) is 6.95. The van der Waals surface area contributed by atoms with E-state index in [-0.39, 0.29) is 0 Å². The molecule has 1 aliphatic heterocycles. The van der Waals surface area contributed by atoms with Crippen molar-refractivity contribution in [2.75, 3.05) is 33.2 Å². The normalized spacial score (nSPS) is 18.3. The van der Waals surface area contributed by atoms with Gasteiger partial charge in [-0.25, -0.2) is 0 Å². The summed E-state index contributed by atoms with van der Waals surface area (Å²) in [7, 11) is 2.18. The molecule has 3 nitrogen and oxygen atoms in total. The third kappa shape index (κ3) is 6.01. The number of hydrogen-bond acceptors (Lipinski definition) is 3. The molecule has 0 amide bonds. The standard InChI is InChI=1S/C22H29ClN2O/c1-24(15-19-4-2-6-22(26)14-19)16-20-5-3-12-25(17-20)13-11-18-7-9-21(23)10-8-18/h2,4,6-10,14,20,26H,3,5,11-13,15-17H2,1H3/t20-/m0/s1. The van der Waals surface area contributed by atoms with Gasteiger partial charge in [-0.05, 0) is 74.2 Å². The van der Waals surface area contributed by atoms with E-state index in [2.05, 4.69) is 35.0 Å². The maximum atomic E-state index is 9.62. The number of halogens is 1. The van der Waals surface area contributed by atoms with Crippen molar-refractivity contribution in [3.63, 3.8) is 0 Å². The highest BCUT2D eigenvalue weighted by Gasteiger charge is 2.21. The molecule has 3 rings (SSSR count). The summed E-state index contributed by atoms with van der Waals surface area (Å²) in [6.45, 7) is 5.50. The molecule has 0 aromatic heterocycles. The van der Waals surface area contributed by atoms with Crippen molar-refractivity contribution >= 4 is 11.6 Å². The molecule has 0 aliphatic carbocycles. The van der Waals surface area contributed by atoms with Gasteiger partial charge in [-0.1, -0.05) is 35.9 Å². The lowest BCUT2D eigenvalue weighted by Crippen LogP contribution is -2.40. The van der Waals surface area contributed by atoms with Crippen molar-refractivity contribution in [3.05, 3.63) is 64.7 Å². The van der Waals surface area contributed by atoms with Crippen LogP contribution in [0.1, 0.15) is 24.0 Å². The smallest absolute Gasteiger partial charge is 0.115 e. The topological polar surface area (TPSA) is 26.7 Å². The van der Waals surface area contributed by atoms with Gasteiger partial charge in [-0.2, -0.15) is 0 Å². The van der Waals surface area contributed by atoms with Crippen LogP contribution in [0.15, 0.2) is 48.5 Å². The second-order valence-corrected chi connectivity index (χ2v) is 7.99. The highest BCUT2D eigenvalue weighted by atomic mass is 35.5. The molecule has 0 spiro atoms. The Bertz CT molecular complexity index is 689. The number of likely N-dealkylation sites (tertiary alicyclic amines) is 1. The molecule has 1 aliphatic rings. The first-order valence-corrected chi connectivity index (χ1v) is 9.89. The summed E-state index contributed by atoms with van der Waals surface area (Å²) in [5, 5.41) is 10.4. The summed E-state index contributed by atoms with van der Waals surface area (Å²) in [4.78, 5) is 4.98. The van der Waals surface area contributed by atoms with Crippen molar-refractivity contribution in [2.45, 2.75) is 25.8 Å². The average Bonchev–Trinajstić information content (AvgIpc) is 2.61. The minimum absolute atomic E-state index is 0.349. The summed E-state index contributed by atoms with van der Waals surface area (Å²) in [6.07, 6.45) is 3.68. The van der Waals surface area contributed by atoms with Gasteiger partial charge in [0.2, 0.25) is 0 Å². The van der Waals surface area contributed by atoms with Crippen molar-refractivity contribution in [1.82, 2.24) is 9.80 Å². The molecule has 1 saturated heterocycles. The fourth-order valence-corrected chi connectivity index (χ4v) is 4.04. The summed E-state index contributed by atoms with van der Waals surface area (Å²) < 4.78 is 0. The fraction of sp³-hybridized carbons (Fsp3) is 0.455. The van der Waals surface area contributed by atoms with Crippen molar-refractivity contribution < 1.29 is 5.11 Å². The molecule has 0 unspecified atom stereocenters. The van der Waals surface area contributed by atoms with E-state index in [1.807, 2.05) is 24.3 Å². The summed E-state index contributed by atoms with van der Waals surface area (Å²) in [5.41, 5.74) is 2.53. The van der Waals surface area contributed by atoms with Crippen LogP contribution in [-0.2, 0) is 13.0 Å². The maximum Gasteiger partial charge on any atom is 0.115 e. The van der Waals surface area contributed by atoms with E-state index in [0.29, 0.717) is 5.75 Å². The molecule has 1 N–H and O–H groups in total. The lowest BCUT2D eigenvalue weighted by molar-refractivity contribution is 0.142. The van der Waals surface area contributed by atoms with E-state index < -0.39 is 0 Å². The minimum Gasteiger partial charge on any atom is -0.508 e. The first-order valence-electron chi connectivity index (χ1n) is 9.52. The van der Waals surface area contributed by atoms with Crippen LogP contribution in [0.4, 0.5) is 0 Å². The zero-order chi connectivity index (χ0) is 18.4. The van der Waals surface area contributed by atoms with Crippen LogP contribution >= 0.6 is 11.6 Å². The number of hydrogen-bond donors (Lipinski definition) is 1. The van der Waals surface area contributed by atoms with Crippen LogP contribution < -0.4 is 0 Å². The van der Waals surface area contributed by atoms with Gasteiger partial charge in [0.25, 0.3) is 0 Å². The first-order chi connectivity index (χ1) is 12.6. The Balaban J connectivity index is 1.44. The molecule has 26 heavy (non-hydrogen) atoms. The third-order valence-corrected chi connectivity index (χ3v) is 5.42. The fourth-order valence-electron chi connectivity index (χ4n) is 3.91. The second kappa shape index (κ2) is 9.40. The van der Waals surface area contributed by atoms with Crippen LogP contribution in [0, 0.1) is 5.92 Å². The molecular weight excluding hydrogens is 344 g/mol. The molecule has 1 heterocycles. The monoisotopic (exact) mass is 372 g/mol. The van der Waals surface area contributed by atoms with Gasteiger partial charge in [0.1, 0.15) is 5.75 Å². The van der Waals surface area contributed by atoms with E-state index in [4.69, 9.17) is 11.6 Å². The van der Waals surface area contributed by atoms with Crippen molar-refractivity contribution in [2.24, 2.45) is 5.92 Å². The Morgan fingerprint density at radius 3 is 2.73 bits per heavy atom. The van der Waals surface area contributed by atoms with Gasteiger partial charge in [-0.15, -0.1) is 0 Å². The quantitative estimate of drug-likeness (QED) is 0.778. The summed E-state index contributed by atoms with van der Waals surface area (Å²) >= 11 is 5.97. The number of rotatable bonds is 7. The number of aromatic hydroxyl groups is 1. The predicted octanol–water partition coefficient (Wildman–Crippen LogP) is 4.43. The van der Waals surface area contributed by atoms with Crippen molar-refractivity contribution in [3.8, 4) is 5.75 Å². The van der Waals surface area contributed by atoms with Crippen LogP contribution in [0.2, 0.25) is 5.02 Å². The lowest BCUT2D eigenvalue weighted by Gasteiger charge is -2.34. The summed E-state index contributed by atoms with van der Waals surface area (Å²) in [5.74, 6) is 1.07. The Morgan fingerprint density at radius 2 is 1.96 bits per heavy atom. The van der Waals surface area contributed by atoms with Crippen molar-refractivity contribution in [1.29, 1.82) is 0 Å². The molecular formula is C22H29ClN2O. The van der Waals surface area contributed by atoms with E-state index in [9.17, 15) is 5.11 Å².